The summed E-state index contributed by atoms with van der Waals surface area (Å²) in [6.07, 6.45) is 0. The number of thiol groups is 1. The zero-order chi connectivity index (χ0) is 14.9. The van der Waals surface area contributed by atoms with Crippen molar-refractivity contribution in [3.63, 3.8) is 0 Å². The van der Waals surface area contributed by atoms with Crippen LogP contribution in [0.25, 0.3) is 0 Å². The van der Waals surface area contributed by atoms with Gasteiger partial charge in [0.2, 0.25) is 0 Å². The van der Waals surface area contributed by atoms with Gasteiger partial charge >= 0.3 is 0 Å². The van der Waals surface area contributed by atoms with E-state index < -0.39 is 4.93 Å². The fourth-order valence-corrected chi connectivity index (χ4v) is 8.74. The Bertz CT molecular complexity index is 544. The molecule has 1 aromatic rings. The van der Waals surface area contributed by atoms with Crippen LogP contribution in [0.4, 0.5) is 0 Å². The standard InChI is InChI=1S/C14H18OS5/c1-12(2)17-7-6-8-11(20-13(3,4)18-8)9(10(7)19-12)14(5,15)16/h6,15-16H,1-5H3. The van der Waals surface area contributed by atoms with E-state index in [1.165, 1.54) is 19.6 Å². The Balaban J connectivity index is 2.23. The molecule has 0 bridgehead atoms. The summed E-state index contributed by atoms with van der Waals surface area (Å²) in [6, 6.07) is 2.30. The van der Waals surface area contributed by atoms with Gasteiger partial charge in [-0.15, -0.1) is 59.7 Å². The highest BCUT2D eigenvalue weighted by atomic mass is 32.2. The lowest BCUT2D eigenvalue weighted by atomic mass is 10.1. The zero-order valence-corrected chi connectivity index (χ0v) is 16.3. The fraction of sp³-hybridized carbons (Fsp3) is 0.571. The Kier molecular flexibility index (Phi) is 3.73. The molecule has 0 saturated heterocycles. The van der Waals surface area contributed by atoms with E-state index in [1.807, 2.05) is 47.0 Å². The van der Waals surface area contributed by atoms with Gasteiger partial charge in [-0.25, -0.2) is 0 Å². The molecule has 1 aromatic carbocycles. The maximum atomic E-state index is 10.6. The molecule has 0 fully saturated rings. The van der Waals surface area contributed by atoms with E-state index in [0.29, 0.717) is 0 Å². The summed E-state index contributed by atoms with van der Waals surface area (Å²) in [4.78, 5) is 3.90. The van der Waals surface area contributed by atoms with Crippen molar-refractivity contribution in [2.24, 2.45) is 0 Å². The second-order valence-corrected chi connectivity index (χ2v) is 14.1. The molecule has 2 heterocycles. The minimum absolute atomic E-state index is 0.121. The van der Waals surface area contributed by atoms with Gasteiger partial charge in [-0.3, -0.25) is 0 Å². The lowest BCUT2D eigenvalue weighted by molar-refractivity contribution is 0.154. The van der Waals surface area contributed by atoms with Crippen molar-refractivity contribution in [1.82, 2.24) is 0 Å². The molecule has 0 radical (unpaired) electrons. The van der Waals surface area contributed by atoms with Crippen LogP contribution in [-0.4, -0.2) is 13.3 Å². The summed E-state index contributed by atoms with van der Waals surface area (Å²) in [7, 11) is 0. The molecule has 6 heteroatoms. The van der Waals surface area contributed by atoms with Gasteiger partial charge in [0.25, 0.3) is 0 Å². The number of thioether (sulfide) groups is 4. The third-order valence-electron chi connectivity index (χ3n) is 3.04. The quantitative estimate of drug-likeness (QED) is 0.496. The first-order valence-corrected chi connectivity index (χ1v) is 10.1. The molecule has 2 aliphatic rings. The summed E-state index contributed by atoms with van der Waals surface area (Å²) < 4.78 is 0.242. The molecule has 1 N–H and O–H groups in total. The Morgan fingerprint density at radius 3 is 1.70 bits per heavy atom. The first-order chi connectivity index (χ1) is 8.99. The Morgan fingerprint density at radius 2 is 1.35 bits per heavy atom. The average molecular weight is 363 g/mol. The molecule has 0 aliphatic carbocycles. The minimum Gasteiger partial charge on any atom is -0.376 e. The average Bonchev–Trinajstić information content (AvgIpc) is 2.63. The molecule has 1 nitrogen and oxygen atoms in total. The Hall–Kier alpha value is 0.930. The van der Waals surface area contributed by atoms with Crippen LogP contribution in [0.3, 0.4) is 0 Å². The normalized spacial score (nSPS) is 25.1. The van der Waals surface area contributed by atoms with Gasteiger partial charge in [0, 0.05) is 25.1 Å². The molecule has 0 amide bonds. The lowest BCUT2D eigenvalue weighted by Gasteiger charge is -2.24. The first-order valence-electron chi connectivity index (χ1n) is 6.41. The molecule has 1 atom stereocenters. The Morgan fingerprint density at radius 1 is 0.950 bits per heavy atom. The highest BCUT2D eigenvalue weighted by Crippen LogP contribution is 2.65. The molecular weight excluding hydrogens is 344 g/mol. The fourth-order valence-electron chi connectivity index (χ4n) is 2.45. The van der Waals surface area contributed by atoms with Gasteiger partial charge in [0.1, 0.15) is 4.93 Å². The van der Waals surface area contributed by atoms with Crippen LogP contribution in [0.5, 0.6) is 0 Å². The number of fused-ring (bicyclic) bond motifs is 2. The minimum atomic E-state index is -1.10. The second kappa shape index (κ2) is 4.71. The predicted octanol–water partition coefficient (Wildman–Crippen LogP) is 5.65. The van der Waals surface area contributed by atoms with Crippen LogP contribution in [0, 0.1) is 0 Å². The van der Waals surface area contributed by atoms with E-state index in [0.717, 1.165) is 5.56 Å². The molecule has 0 spiro atoms. The topological polar surface area (TPSA) is 20.2 Å². The monoisotopic (exact) mass is 362 g/mol. The molecule has 110 valence electrons. The number of rotatable bonds is 1. The Labute approximate surface area is 143 Å². The van der Waals surface area contributed by atoms with E-state index >= 15 is 0 Å². The van der Waals surface area contributed by atoms with Crippen LogP contribution in [-0.2, 0) is 4.93 Å². The van der Waals surface area contributed by atoms with Crippen molar-refractivity contribution in [2.45, 2.75) is 67.3 Å². The summed E-state index contributed by atoms with van der Waals surface area (Å²) in [5, 5.41) is 10.6. The van der Waals surface area contributed by atoms with Crippen LogP contribution in [0.15, 0.2) is 25.6 Å². The molecule has 1 unspecified atom stereocenters. The van der Waals surface area contributed by atoms with E-state index in [1.54, 1.807) is 6.92 Å². The maximum Gasteiger partial charge on any atom is 0.132 e. The molecule has 2 aliphatic heterocycles. The molecule has 0 aromatic heterocycles. The summed E-state index contributed by atoms with van der Waals surface area (Å²) in [6.45, 7) is 10.7. The summed E-state index contributed by atoms with van der Waals surface area (Å²) in [5.74, 6) is 0. The molecule has 3 rings (SSSR count). The third kappa shape index (κ3) is 2.76. The van der Waals surface area contributed by atoms with Crippen molar-refractivity contribution < 1.29 is 5.11 Å². The third-order valence-corrected chi connectivity index (χ3v) is 8.83. The highest BCUT2D eigenvalue weighted by Gasteiger charge is 2.42. The SMILES string of the molecule is CC1(C)Sc2cc3c(c(C(C)(O)S)c2S1)SC(C)(C)S3. The van der Waals surface area contributed by atoms with Gasteiger partial charge < -0.3 is 5.11 Å². The van der Waals surface area contributed by atoms with Crippen molar-refractivity contribution >= 4 is 59.7 Å². The van der Waals surface area contributed by atoms with Crippen LogP contribution in [0.1, 0.15) is 40.2 Å². The van der Waals surface area contributed by atoms with Gasteiger partial charge in [-0.2, -0.15) is 0 Å². The second-order valence-electron chi connectivity index (χ2n) is 6.13. The number of hydrogen-bond acceptors (Lipinski definition) is 6. The number of benzene rings is 1. The molecule has 0 saturated carbocycles. The van der Waals surface area contributed by atoms with Crippen molar-refractivity contribution in [2.75, 3.05) is 0 Å². The van der Waals surface area contributed by atoms with Gasteiger partial charge in [-0.05, 0) is 40.7 Å². The maximum absolute atomic E-state index is 10.6. The van der Waals surface area contributed by atoms with Crippen LogP contribution < -0.4 is 0 Å². The number of aliphatic hydroxyl groups is 1. The van der Waals surface area contributed by atoms with Gasteiger partial charge in [0.15, 0.2) is 0 Å². The smallest absolute Gasteiger partial charge is 0.132 e. The predicted molar refractivity (Wildman–Crippen MR) is 96.6 cm³/mol. The van der Waals surface area contributed by atoms with E-state index in [-0.39, 0.29) is 8.16 Å². The van der Waals surface area contributed by atoms with Gasteiger partial charge in [0.05, 0.1) is 8.16 Å². The van der Waals surface area contributed by atoms with Crippen molar-refractivity contribution in [3.05, 3.63) is 11.6 Å². The van der Waals surface area contributed by atoms with E-state index in [9.17, 15) is 5.11 Å². The first kappa shape index (κ1) is 15.8. The van der Waals surface area contributed by atoms with Crippen molar-refractivity contribution in [1.29, 1.82) is 0 Å². The van der Waals surface area contributed by atoms with Crippen LogP contribution in [0.2, 0.25) is 0 Å². The highest BCUT2D eigenvalue weighted by molar-refractivity contribution is 8.21. The number of hydrogen-bond donors (Lipinski definition) is 2. The van der Waals surface area contributed by atoms with E-state index in [2.05, 4.69) is 46.4 Å². The van der Waals surface area contributed by atoms with Crippen LogP contribution >= 0.6 is 59.7 Å². The summed E-state index contributed by atoms with van der Waals surface area (Å²) >= 11 is 11.9. The summed E-state index contributed by atoms with van der Waals surface area (Å²) in [5.41, 5.74) is 1.000. The zero-order valence-electron chi connectivity index (χ0n) is 12.1. The molecule has 20 heavy (non-hydrogen) atoms. The van der Waals surface area contributed by atoms with Gasteiger partial charge in [-0.1, -0.05) is 0 Å². The lowest BCUT2D eigenvalue weighted by Crippen LogP contribution is -2.15. The molecular formula is C14H18OS5. The van der Waals surface area contributed by atoms with Crippen molar-refractivity contribution in [3.8, 4) is 0 Å². The van der Waals surface area contributed by atoms with E-state index in [4.69, 9.17) is 0 Å². The largest absolute Gasteiger partial charge is 0.376 e.